The smallest absolute Gasteiger partial charge is 0.421 e. The van der Waals surface area contributed by atoms with E-state index >= 15 is 0 Å². The minimum atomic E-state index is -6.72. The van der Waals surface area contributed by atoms with Gasteiger partial charge < -0.3 is 28.8 Å². The van der Waals surface area contributed by atoms with E-state index in [1.165, 1.54) is 0 Å². The molecule has 0 spiro atoms. The molecule has 0 saturated carbocycles. The van der Waals surface area contributed by atoms with Crippen LogP contribution < -0.4 is 0 Å². The molecule has 0 aliphatic heterocycles. The van der Waals surface area contributed by atoms with Crippen LogP contribution in [0.15, 0.2) is 0 Å². The number of alkyl halides is 18. The molecule has 0 amide bonds. The van der Waals surface area contributed by atoms with Crippen LogP contribution in [0.2, 0.25) is 0 Å². The van der Waals surface area contributed by atoms with Crippen molar-refractivity contribution >= 4 is 60.1 Å². The molecule has 307 valence electrons. The Hall–Kier alpha value is -0.527. The Labute approximate surface area is 288 Å². The van der Waals surface area contributed by atoms with Gasteiger partial charge >= 0.3 is 71.2 Å². The van der Waals surface area contributed by atoms with Crippen LogP contribution in [0.25, 0.3) is 12.4 Å². The Morgan fingerprint density at radius 3 is 0.347 bits per heavy atom. The average Bonchev–Trinajstić information content (AvgIpc) is 2.61. The van der Waals surface area contributed by atoms with Gasteiger partial charge in [-0.2, -0.15) is 79.0 Å². The summed E-state index contributed by atoms with van der Waals surface area (Å²) in [5.74, 6) is 0. The Balaban J connectivity index is -0.000000104. The zero-order chi connectivity index (χ0) is 38.1. The van der Waals surface area contributed by atoms with Gasteiger partial charge in [-0.1, -0.05) is 0 Å². The molecular formula is C6H6DyF18N3O15S6. The van der Waals surface area contributed by atoms with E-state index < -0.39 is 93.2 Å². The molecule has 0 aliphatic carbocycles. The van der Waals surface area contributed by atoms with Crippen LogP contribution in [-0.2, 0) is 60.1 Å². The van der Waals surface area contributed by atoms with Crippen molar-refractivity contribution in [2.75, 3.05) is 0 Å². The molecule has 0 rings (SSSR count). The molecule has 0 aromatic heterocycles. The molecule has 0 bridgehead atoms. The molecule has 0 aliphatic rings. The summed E-state index contributed by atoms with van der Waals surface area (Å²) < 4.78 is 328. The molecule has 0 atom stereocenters. The van der Waals surface area contributed by atoms with Gasteiger partial charge in [0.15, 0.2) is 60.1 Å². The number of rotatable bonds is 6. The maximum absolute atomic E-state index is 11.4. The van der Waals surface area contributed by atoms with Crippen molar-refractivity contribution < 1.29 is 184 Å². The maximum Gasteiger partial charge on any atom is 3.00 e. The fourth-order valence-electron chi connectivity index (χ4n) is 0.641. The van der Waals surface area contributed by atoms with Crippen LogP contribution in [-0.4, -0.2) is 100.0 Å². The predicted molar refractivity (Wildman–Crippen MR) is 111 cm³/mol. The fraction of sp³-hybridized carbons (Fsp3) is 1.00. The van der Waals surface area contributed by atoms with Gasteiger partial charge in [-0.05, 0) is 0 Å². The molecule has 18 nitrogen and oxygen atoms in total. The standard InChI is InChI=1S/3C2F6NO4S2.Dy.3H2O/c3*3-1(4,5)14(10,11)9-15(12,13)2(6,7)8;;;;/h;;;;3*1H2/q3*-1;+3;;;. The minimum Gasteiger partial charge on any atom is -0.421 e. The molecule has 6 N–H and O–H groups in total. The average molecular weight is 1060 g/mol. The van der Waals surface area contributed by atoms with E-state index in [4.69, 9.17) is 0 Å². The third kappa shape index (κ3) is 19.2. The van der Waals surface area contributed by atoms with Gasteiger partial charge in [-0.15, -0.1) is 0 Å². The summed E-state index contributed by atoms with van der Waals surface area (Å²) in [6.07, 6.45) is 0. The van der Waals surface area contributed by atoms with Crippen molar-refractivity contribution in [3.05, 3.63) is 12.4 Å². The summed E-state index contributed by atoms with van der Waals surface area (Å²) in [4.78, 5) is 0. The molecule has 1 radical (unpaired) electrons. The van der Waals surface area contributed by atoms with Crippen LogP contribution >= 0.6 is 0 Å². The quantitative estimate of drug-likeness (QED) is 0.332. The molecule has 49 heavy (non-hydrogen) atoms. The van der Waals surface area contributed by atoms with Crippen molar-refractivity contribution in [3.8, 4) is 0 Å². The number of hydrogen-bond acceptors (Lipinski definition) is 12. The zero-order valence-corrected chi connectivity index (χ0v) is 27.2. The van der Waals surface area contributed by atoms with Crippen molar-refractivity contribution in [1.82, 2.24) is 0 Å². The second kappa shape index (κ2) is 18.5. The van der Waals surface area contributed by atoms with Crippen LogP contribution in [0, 0.1) is 38.2 Å². The number of hydrogen-bond donors (Lipinski definition) is 0. The first kappa shape index (κ1) is 63.5. The third-order valence-corrected chi connectivity index (χ3v) is 10.6. The van der Waals surface area contributed by atoms with Crippen molar-refractivity contribution in [2.45, 2.75) is 33.0 Å². The molecule has 0 fully saturated rings. The fourth-order valence-corrected chi connectivity index (χ4v) is 5.77. The van der Waals surface area contributed by atoms with Crippen LogP contribution in [0.1, 0.15) is 0 Å². The number of halogens is 18. The first-order valence-electron chi connectivity index (χ1n) is 7.72. The van der Waals surface area contributed by atoms with E-state index in [9.17, 15) is 130 Å². The normalized spacial score (nSPS) is 14.1. The van der Waals surface area contributed by atoms with Crippen molar-refractivity contribution in [2.24, 2.45) is 0 Å². The van der Waals surface area contributed by atoms with E-state index in [0.29, 0.717) is 0 Å². The van der Waals surface area contributed by atoms with E-state index in [1.807, 2.05) is 0 Å². The summed E-state index contributed by atoms with van der Waals surface area (Å²) in [5, 5.41) is 0. The first-order chi connectivity index (χ1) is 18.6. The van der Waals surface area contributed by atoms with E-state index in [0.717, 1.165) is 12.4 Å². The van der Waals surface area contributed by atoms with Crippen molar-refractivity contribution in [1.29, 1.82) is 0 Å². The van der Waals surface area contributed by atoms with Crippen LogP contribution in [0.5, 0.6) is 0 Å². The molecule has 0 saturated heterocycles. The molecule has 0 aromatic rings. The van der Waals surface area contributed by atoms with Crippen LogP contribution in [0.4, 0.5) is 79.0 Å². The molecule has 0 aromatic carbocycles. The summed E-state index contributed by atoms with van der Waals surface area (Å²) in [6, 6.07) is 0. The topological polar surface area (TPSA) is 342 Å². The largest absolute Gasteiger partial charge is 3.00 e. The summed E-state index contributed by atoms with van der Waals surface area (Å²) in [7, 11) is -40.3. The van der Waals surface area contributed by atoms with Gasteiger partial charge in [-0.3, -0.25) is 0 Å². The molecule has 0 heterocycles. The number of sulfonamides is 6. The summed E-state index contributed by atoms with van der Waals surface area (Å²) >= 11 is 0. The summed E-state index contributed by atoms with van der Waals surface area (Å²) in [6.45, 7) is 0. The minimum absolute atomic E-state index is 0. The van der Waals surface area contributed by atoms with E-state index in [-0.39, 0.29) is 54.6 Å². The SMILES string of the molecule is O.O.O.O=S(=O)([N-]S(=O)(=O)C(F)(F)F)C(F)(F)F.O=S(=O)([N-]S(=O)(=O)C(F)(F)F)C(F)(F)F.O=S(=O)([N-]S(=O)(=O)C(F)(F)F)C(F)(F)F.[Dy+3]. The van der Waals surface area contributed by atoms with E-state index in [2.05, 4.69) is 0 Å². The Kier molecular flexibility index (Phi) is 24.0. The monoisotopic (exact) mass is 1060 g/mol. The second-order valence-corrected chi connectivity index (χ2v) is 16.0. The van der Waals surface area contributed by atoms with Crippen molar-refractivity contribution in [3.63, 3.8) is 0 Å². The summed E-state index contributed by atoms with van der Waals surface area (Å²) in [5.41, 5.74) is -37.2. The van der Waals surface area contributed by atoms with Crippen LogP contribution in [0.3, 0.4) is 0 Å². The Morgan fingerprint density at radius 2 is 0.306 bits per heavy atom. The van der Waals surface area contributed by atoms with Gasteiger partial charge in [0.2, 0.25) is 0 Å². The Bertz CT molecular complexity index is 1370. The number of nitrogens with zero attached hydrogens (tertiary/aromatic N) is 3. The molecular weight excluding hydrogens is 1050 g/mol. The predicted octanol–water partition coefficient (Wildman–Crippen LogP) is 0.704. The van der Waals surface area contributed by atoms with Gasteiger partial charge in [0.05, 0.1) is 0 Å². The first-order valence-corrected chi connectivity index (χ1v) is 16.4. The van der Waals surface area contributed by atoms with Gasteiger partial charge in [0, 0.05) is 0 Å². The Morgan fingerprint density at radius 1 is 0.245 bits per heavy atom. The second-order valence-electron chi connectivity index (χ2n) is 5.75. The third-order valence-electron chi connectivity index (χ3n) is 2.34. The zero-order valence-electron chi connectivity index (χ0n) is 20.3. The molecule has 0 unspecified atom stereocenters. The van der Waals surface area contributed by atoms with Gasteiger partial charge in [0.1, 0.15) is 0 Å². The van der Waals surface area contributed by atoms with Gasteiger partial charge in [-0.25, -0.2) is 50.5 Å². The van der Waals surface area contributed by atoms with Gasteiger partial charge in [0.25, 0.3) is 0 Å². The molecule has 43 heteroatoms. The maximum atomic E-state index is 11.4. The van der Waals surface area contributed by atoms with E-state index in [1.54, 1.807) is 0 Å².